The predicted octanol–water partition coefficient (Wildman–Crippen LogP) is 3.51. The summed E-state index contributed by atoms with van der Waals surface area (Å²) < 4.78 is 5.90. The summed E-state index contributed by atoms with van der Waals surface area (Å²) in [6, 6.07) is 21.2. The number of ether oxygens (including phenoxy) is 1. The van der Waals surface area contributed by atoms with Crippen molar-refractivity contribution in [2.24, 2.45) is 0 Å². The summed E-state index contributed by atoms with van der Waals surface area (Å²) in [6.07, 6.45) is 1.65. The SMILES string of the molecule is N#CC(=Cc1ccccc1OCc1ccccc1)c1[nH]nc(N)c1C#N. The van der Waals surface area contributed by atoms with Gasteiger partial charge in [0.1, 0.15) is 30.1 Å². The quantitative estimate of drug-likeness (QED) is 0.690. The molecule has 0 atom stereocenters. The molecular formula is C20H15N5O. The van der Waals surface area contributed by atoms with E-state index in [1.54, 1.807) is 6.08 Å². The Hall–Kier alpha value is -4.03. The van der Waals surface area contributed by atoms with Gasteiger partial charge in [-0.25, -0.2) is 0 Å². The Morgan fingerprint density at radius 2 is 1.85 bits per heavy atom. The molecule has 0 aliphatic heterocycles. The van der Waals surface area contributed by atoms with Crippen molar-refractivity contribution in [2.45, 2.75) is 6.61 Å². The minimum absolute atomic E-state index is 0.0669. The van der Waals surface area contributed by atoms with Crippen LogP contribution in [0.4, 0.5) is 5.82 Å². The van der Waals surface area contributed by atoms with Gasteiger partial charge in [-0.3, -0.25) is 5.10 Å². The number of nitrogens with one attached hydrogen (secondary N) is 1. The van der Waals surface area contributed by atoms with E-state index in [0.29, 0.717) is 18.1 Å². The monoisotopic (exact) mass is 341 g/mol. The molecule has 0 aliphatic carbocycles. The van der Waals surface area contributed by atoms with E-state index in [2.05, 4.69) is 16.3 Å². The van der Waals surface area contributed by atoms with Crippen molar-refractivity contribution in [3.63, 3.8) is 0 Å². The van der Waals surface area contributed by atoms with Crippen molar-refractivity contribution in [1.29, 1.82) is 10.5 Å². The van der Waals surface area contributed by atoms with Crippen LogP contribution in [0.25, 0.3) is 11.6 Å². The first-order valence-corrected chi connectivity index (χ1v) is 7.84. The maximum Gasteiger partial charge on any atom is 0.163 e. The molecule has 0 radical (unpaired) electrons. The summed E-state index contributed by atoms with van der Waals surface area (Å²) >= 11 is 0. The summed E-state index contributed by atoms with van der Waals surface area (Å²) in [5.74, 6) is 0.701. The number of anilines is 1. The fraction of sp³-hybridized carbons (Fsp3) is 0.0500. The van der Waals surface area contributed by atoms with E-state index in [1.165, 1.54) is 0 Å². The zero-order chi connectivity index (χ0) is 18.4. The smallest absolute Gasteiger partial charge is 0.163 e. The molecule has 3 rings (SSSR count). The van der Waals surface area contributed by atoms with Gasteiger partial charge in [0.25, 0.3) is 0 Å². The summed E-state index contributed by atoms with van der Waals surface area (Å²) in [5, 5.41) is 25.2. The standard InChI is InChI=1S/C20H15N5O/c21-11-16(19-17(12-22)20(23)25-24-19)10-15-8-4-5-9-18(15)26-13-14-6-2-1-3-7-14/h1-10H,13H2,(H3,23,24,25). The highest BCUT2D eigenvalue weighted by Crippen LogP contribution is 2.27. The molecule has 1 heterocycles. The normalized spacial score (nSPS) is 10.8. The number of rotatable bonds is 5. The van der Waals surface area contributed by atoms with E-state index < -0.39 is 0 Å². The van der Waals surface area contributed by atoms with Gasteiger partial charge < -0.3 is 10.5 Å². The molecule has 0 saturated heterocycles. The van der Waals surface area contributed by atoms with Gasteiger partial charge in [-0.2, -0.15) is 15.6 Å². The zero-order valence-corrected chi connectivity index (χ0v) is 13.8. The summed E-state index contributed by atoms with van der Waals surface area (Å²) in [7, 11) is 0. The molecule has 126 valence electrons. The van der Waals surface area contributed by atoms with Crippen molar-refractivity contribution in [3.8, 4) is 17.9 Å². The number of allylic oxidation sites excluding steroid dienone is 1. The van der Waals surface area contributed by atoms with E-state index in [1.807, 2.05) is 60.7 Å². The van der Waals surface area contributed by atoms with Crippen molar-refractivity contribution < 1.29 is 4.74 Å². The summed E-state index contributed by atoms with van der Waals surface area (Å²) in [6.45, 7) is 0.411. The van der Waals surface area contributed by atoms with Gasteiger partial charge in [0.15, 0.2) is 5.82 Å². The van der Waals surface area contributed by atoms with Crippen molar-refractivity contribution in [1.82, 2.24) is 10.2 Å². The second-order valence-electron chi connectivity index (χ2n) is 5.45. The van der Waals surface area contributed by atoms with Gasteiger partial charge >= 0.3 is 0 Å². The van der Waals surface area contributed by atoms with Gasteiger partial charge in [-0.15, -0.1) is 0 Å². The van der Waals surface area contributed by atoms with Gasteiger partial charge in [-0.1, -0.05) is 48.5 Å². The Balaban J connectivity index is 1.92. The minimum atomic E-state index is 0.0669. The molecule has 0 unspecified atom stereocenters. The molecule has 2 aromatic carbocycles. The van der Waals surface area contributed by atoms with E-state index in [0.717, 1.165) is 11.1 Å². The highest BCUT2D eigenvalue weighted by Gasteiger charge is 2.15. The van der Waals surface area contributed by atoms with Crippen LogP contribution in [0.1, 0.15) is 22.4 Å². The number of nitriles is 2. The Labute approximate surface area is 150 Å². The van der Waals surface area contributed by atoms with Crippen LogP contribution in [-0.4, -0.2) is 10.2 Å². The highest BCUT2D eigenvalue weighted by molar-refractivity contribution is 5.92. The largest absolute Gasteiger partial charge is 0.488 e. The van der Waals surface area contributed by atoms with Crippen LogP contribution >= 0.6 is 0 Å². The molecular weight excluding hydrogens is 326 g/mol. The van der Waals surface area contributed by atoms with Crippen molar-refractivity contribution >= 4 is 17.5 Å². The molecule has 3 aromatic rings. The van der Waals surface area contributed by atoms with E-state index in [4.69, 9.17) is 10.5 Å². The van der Waals surface area contributed by atoms with Gasteiger partial charge in [0.2, 0.25) is 0 Å². The average Bonchev–Trinajstić information content (AvgIpc) is 3.06. The number of nitrogen functional groups attached to an aromatic ring is 1. The number of aromatic amines is 1. The molecule has 0 amide bonds. The maximum atomic E-state index is 9.51. The molecule has 0 bridgehead atoms. The first-order valence-electron chi connectivity index (χ1n) is 7.84. The third kappa shape index (κ3) is 3.55. The Bertz CT molecular complexity index is 1020. The number of hydrogen-bond acceptors (Lipinski definition) is 5. The van der Waals surface area contributed by atoms with Crippen LogP contribution in [0.15, 0.2) is 54.6 Å². The number of nitrogens with two attached hydrogens (primary N) is 1. The second kappa shape index (κ2) is 7.69. The van der Waals surface area contributed by atoms with E-state index >= 15 is 0 Å². The minimum Gasteiger partial charge on any atom is -0.488 e. The van der Waals surface area contributed by atoms with Crippen LogP contribution in [0.2, 0.25) is 0 Å². The Morgan fingerprint density at radius 3 is 2.58 bits per heavy atom. The topological polar surface area (TPSA) is 112 Å². The fourth-order valence-electron chi connectivity index (χ4n) is 2.45. The van der Waals surface area contributed by atoms with Crippen LogP contribution < -0.4 is 10.5 Å². The lowest BCUT2D eigenvalue weighted by atomic mass is 10.1. The highest BCUT2D eigenvalue weighted by atomic mass is 16.5. The maximum absolute atomic E-state index is 9.51. The predicted molar refractivity (Wildman–Crippen MR) is 98.4 cm³/mol. The number of H-pyrrole nitrogens is 1. The van der Waals surface area contributed by atoms with Crippen LogP contribution in [-0.2, 0) is 6.61 Å². The lowest BCUT2D eigenvalue weighted by Gasteiger charge is -2.09. The number of para-hydroxylation sites is 1. The number of hydrogen-bond donors (Lipinski definition) is 2. The number of nitrogens with zero attached hydrogens (tertiary/aromatic N) is 3. The molecule has 6 nitrogen and oxygen atoms in total. The first-order chi connectivity index (χ1) is 12.7. The molecule has 3 N–H and O–H groups in total. The molecule has 0 aliphatic rings. The molecule has 26 heavy (non-hydrogen) atoms. The summed E-state index contributed by atoms with van der Waals surface area (Å²) in [5.41, 5.74) is 8.12. The van der Waals surface area contributed by atoms with Crippen LogP contribution in [0.5, 0.6) is 5.75 Å². The van der Waals surface area contributed by atoms with Crippen molar-refractivity contribution in [3.05, 3.63) is 77.0 Å². The number of benzene rings is 2. The average molecular weight is 341 g/mol. The Kier molecular flexibility index (Phi) is 4.98. The molecule has 0 fully saturated rings. The molecule has 1 aromatic heterocycles. The molecule has 6 heteroatoms. The first kappa shape index (κ1) is 16.8. The lowest BCUT2D eigenvalue weighted by Crippen LogP contribution is -1.97. The molecule has 0 saturated carbocycles. The van der Waals surface area contributed by atoms with E-state index in [-0.39, 0.29) is 17.0 Å². The Morgan fingerprint density at radius 1 is 1.12 bits per heavy atom. The zero-order valence-electron chi connectivity index (χ0n) is 13.8. The summed E-state index contributed by atoms with van der Waals surface area (Å²) in [4.78, 5) is 0. The fourth-order valence-corrected chi connectivity index (χ4v) is 2.45. The number of aromatic nitrogens is 2. The van der Waals surface area contributed by atoms with Gasteiger partial charge in [0, 0.05) is 5.56 Å². The third-order valence-corrected chi connectivity index (χ3v) is 3.75. The second-order valence-corrected chi connectivity index (χ2v) is 5.45. The van der Waals surface area contributed by atoms with Crippen LogP contribution in [0, 0.1) is 22.7 Å². The van der Waals surface area contributed by atoms with E-state index in [9.17, 15) is 10.5 Å². The third-order valence-electron chi connectivity index (χ3n) is 3.75. The van der Waals surface area contributed by atoms with Gasteiger partial charge in [0.05, 0.1) is 11.3 Å². The molecule has 0 spiro atoms. The lowest BCUT2D eigenvalue weighted by molar-refractivity contribution is 0.305. The van der Waals surface area contributed by atoms with Crippen molar-refractivity contribution in [2.75, 3.05) is 5.73 Å². The van der Waals surface area contributed by atoms with Crippen LogP contribution in [0.3, 0.4) is 0 Å². The van der Waals surface area contributed by atoms with Gasteiger partial charge in [-0.05, 0) is 17.7 Å².